The largest absolute Gasteiger partial charge is 0.337 e. The molecule has 26 heavy (non-hydrogen) atoms. The van der Waals surface area contributed by atoms with Crippen LogP contribution in [0, 0.1) is 0 Å². The number of rotatable bonds is 5. The van der Waals surface area contributed by atoms with Gasteiger partial charge in [-0.05, 0) is 44.6 Å². The van der Waals surface area contributed by atoms with Crippen molar-refractivity contribution in [3.63, 3.8) is 0 Å². The lowest BCUT2D eigenvalue weighted by Gasteiger charge is -2.38. The van der Waals surface area contributed by atoms with E-state index >= 15 is 0 Å². The van der Waals surface area contributed by atoms with Gasteiger partial charge in [0.1, 0.15) is 12.4 Å². The standard InChI is InChI=1S/C18H26N4OS.2ClH/c1-13(19)15-8-5-6-10-21(15)18(23)11-22-16-9-4-3-7-14(16)20-17(22)12-24-2;;/h3-4,7,9,13,15H,5-6,8,10-12,19H2,1-2H3;2*1H. The fourth-order valence-corrected chi connectivity index (χ4v) is 4.06. The Labute approximate surface area is 171 Å². The minimum absolute atomic E-state index is 0. The van der Waals surface area contributed by atoms with Gasteiger partial charge in [-0.15, -0.1) is 24.8 Å². The van der Waals surface area contributed by atoms with Crippen LogP contribution < -0.4 is 5.73 Å². The lowest BCUT2D eigenvalue weighted by Crippen LogP contribution is -2.52. The Morgan fingerprint density at radius 1 is 1.35 bits per heavy atom. The van der Waals surface area contributed by atoms with Crippen LogP contribution in [0.2, 0.25) is 0 Å². The molecule has 2 atom stereocenters. The zero-order valence-corrected chi connectivity index (χ0v) is 17.7. The summed E-state index contributed by atoms with van der Waals surface area (Å²) in [6, 6.07) is 8.20. The van der Waals surface area contributed by atoms with Gasteiger partial charge < -0.3 is 15.2 Å². The van der Waals surface area contributed by atoms with Crippen LogP contribution in [-0.2, 0) is 17.1 Å². The van der Waals surface area contributed by atoms with Gasteiger partial charge in [0, 0.05) is 18.6 Å². The molecule has 2 heterocycles. The second-order valence-electron chi connectivity index (χ2n) is 6.55. The third kappa shape index (κ3) is 4.85. The highest BCUT2D eigenvalue weighted by Gasteiger charge is 2.29. The number of nitrogens with two attached hydrogens (primary N) is 1. The predicted octanol–water partition coefficient (Wildman–Crippen LogP) is 3.47. The molecule has 1 fully saturated rings. The number of hydrogen-bond donors (Lipinski definition) is 1. The van der Waals surface area contributed by atoms with Gasteiger partial charge in [0.25, 0.3) is 0 Å². The van der Waals surface area contributed by atoms with Crippen molar-refractivity contribution in [2.75, 3.05) is 12.8 Å². The van der Waals surface area contributed by atoms with E-state index in [1.54, 1.807) is 11.8 Å². The minimum Gasteiger partial charge on any atom is -0.337 e. The quantitative estimate of drug-likeness (QED) is 0.806. The molecular formula is C18H28Cl2N4OS. The van der Waals surface area contributed by atoms with Crippen LogP contribution in [0.15, 0.2) is 24.3 Å². The number of thioether (sulfide) groups is 1. The minimum atomic E-state index is 0. The summed E-state index contributed by atoms with van der Waals surface area (Å²) in [5.41, 5.74) is 8.11. The van der Waals surface area contributed by atoms with Crippen LogP contribution in [0.3, 0.4) is 0 Å². The van der Waals surface area contributed by atoms with Crippen LogP contribution >= 0.6 is 36.6 Å². The molecular weight excluding hydrogens is 391 g/mol. The second-order valence-corrected chi connectivity index (χ2v) is 7.41. The molecule has 0 spiro atoms. The number of halogens is 2. The molecule has 1 aromatic carbocycles. The number of nitrogens with zero attached hydrogens (tertiary/aromatic N) is 3. The van der Waals surface area contributed by atoms with Crippen LogP contribution in [0.4, 0.5) is 0 Å². The molecule has 2 unspecified atom stereocenters. The molecule has 0 aliphatic carbocycles. The molecule has 2 N–H and O–H groups in total. The number of carbonyl (C=O) groups is 1. The summed E-state index contributed by atoms with van der Waals surface area (Å²) < 4.78 is 2.07. The Morgan fingerprint density at radius 3 is 2.77 bits per heavy atom. The van der Waals surface area contributed by atoms with Gasteiger partial charge in [0.05, 0.1) is 16.8 Å². The molecule has 3 rings (SSSR count). The molecule has 5 nitrogen and oxygen atoms in total. The molecule has 146 valence electrons. The lowest BCUT2D eigenvalue weighted by molar-refractivity contribution is -0.135. The Hall–Kier alpha value is -0.950. The first-order valence-electron chi connectivity index (χ1n) is 8.60. The summed E-state index contributed by atoms with van der Waals surface area (Å²) in [5, 5.41) is 0. The number of likely N-dealkylation sites (tertiary alicyclic amines) is 1. The number of aromatic nitrogens is 2. The summed E-state index contributed by atoms with van der Waals surface area (Å²) in [6.07, 6.45) is 5.28. The number of piperidine rings is 1. The first-order valence-corrected chi connectivity index (χ1v) is 9.99. The average Bonchev–Trinajstić information content (AvgIpc) is 2.93. The van der Waals surface area contributed by atoms with E-state index in [0.29, 0.717) is 6.54 Å². The number of carbonyl (C=O) groups excluding carboxylic acids is 1. The Morgan fingerprint density at radius 2 is 2.08 bits per heavy atom. The molecule has 1 aliphatic heterocycles. The van der Waals surface area contributed by atoms with E-state index in [9.17, 15) is 4.79 Å². The topological polar surface area (TPSA) is 64.2 Å². The van der Waals surface area contributed by atoms with E-state index in [2.05, 4.69) is 10.8 Å². The van der Waals surface area contributed by atoms with Crippen molar-refractivity contribution in [2.45, 2.75) is 50.6 Å². The van der Waals surface area contributed by atoms with Crippen LogP contribution in [0.1, 0.15) is 32.0 Å². The monoisotopic (exact) mass is 418 g/mol. The maximum absolute atomic E-state index is 13.0. The highest BCUT2D eigenvalue weighted by Crippen LogP contribution is 2.22. The maximum Gasteiger partial charge on any atom is 0.242 e. The van der Waals surface area contributed by atoms with Crippen molar-refractivity contribution < 1.29 is 4.79 Å². The average molecular weight is 419 g/mol. The van der Waals surface area contributed by atoms with Crippen LogP contribution in [0.25, 0.3) is 11.0 Å². The number of imidazole rings is 1. The zero-order chi connectivity index (χ0) is 17.1. The van der Waals surface area contributed by atoms with Gasteiger partial charge >= 0.3 is 0 Å². The lowest BCUT2D eigenvalue weighted by atomic mass is 9.97. The number of benzene rings is 1. The number of fused-ring (bicyclic) bond motifs is 1. The Bertz CT molecular complexity index is 722. The van der Waals surface area contributed by atoms with E-state index in [1.165, 1.54) is 0 Å². The van der Waals surface area contributed by atoms with Gasteiger partial charge in [0.15, 0.2) is 0 Å². The molecule has 1 amide bonds. The molecule has 1 aromatic heterocycles. The second kappa shape index (κ2) is 10.4. The summed E-state index contributed by atoms with van der Waals surface area (Å²) in [6.45, 7) is 3.16. The van der Waals surface area contributed by atoms with Gasteiger partial charge in [-0.2, -0.15) is 11.8 Å². The molecule has 8 heteroatoms. The summed E-state index contributed by atoms with van der Waals surface area (Å²) in [4.78, 5) is 19.7. The summed E-state index contributed by atoms with van der Waals surface area (Å²) in [5.74, 6) is 1.92. The van der Waals surface area contributed by atoms with E-state index in [1.807, 2.05) is 36.1 Å². The predicted molar refractivity (Wildman–Crippen MR) is 114 cm³/mol. The number of amides is 1. The van der Waals surface area contributed by atoms with Gasteiger partial charge in [-0.1, -0.05) is 12.1 Å². The SMILES string of the molecule is CSCc1nc2ccccc2n1CC(=O)N1CCCCC1C(C)N.Cl.Cl. The van der Waals surface area contributed by atoms with Crippen molar-refractivity contribution in [3.8, 4) is 0 Å². The van der Waals surface area contributed by atoms with Crippen LogP contribution in [0.5, 0.6) is 0 Å². The molecule has 1 saturated heterocycles. The van der Waals surface area contributed by atoms with E-state index < -0.39 is 0 Å². The van der Waals surface area contributed by atoms with Crippen molar-refractivity contribution in [1.29, 1.82) is 0 Å². The number of hydrogen-bond acceptors (Lipinski definition) is 4. The molecule has 0 bridgehead atoms. The van der Waals surface area contributed by atoms with Crippen LogP contribution in [-0.4, -0.2) is 45.2 Å². The van der Waals surface area contributed by atoms with Crippen molar-refractivity contribution in [1.82, 2.24) is 14.5 Å². The third-order valence-corrected chi connectivity index (χ3v) is 5.32. The first-order chi connectivity index (χ1) is 11.6. The zero-order valence-electron chi connectivity index (χ0n) is 15.3. The number of para-hydroxylation sites is 2. The molecule has 0 saturated carbocycles. The first kappa shape index (κ1) is 23.1. The van der Waals surface area contributed by atoms with E-state index in [4.69, 9.17) is 10.7 Å². The maximum atomic E-state index is 13.0. The smallest absolute Gasteiger partial charge is 0.242 e. The Balaban J connectivity index is 0.00000169. The van der Waals surface area contributed by atoms with Crippen molar-refractivity contribution >= 4 is 53.5 Å². The molecule has 0 radical (unpaired) electrons. The normalized spacial score (nSPS) is 18.1. The fourth-order valence-electron chi connectivity index (χ4n) is 3.58. The molecule has 1 aliphatic rings. The third-order valence-electron chi connectivity index (χ3n) is 4.78. The Kier molecular flexibility index (Phi) is 9.24. The highest BCUT2D eigenvalue weighted by molar-refractivity contribution is 7.97. The molecule has 2 aromatic rings. The van der Waals surface area contributed by atoms with Gasteiger partial charge in [-0.25, -0.2) is 4.98 Å². The van der Waals surface area contributed by atoms with E-state index in [0.717, 1.165) is 48.4 Å². The van der Waals surface area contributed by atoms with Gasteiger partial charge in [-0.3, -0.25) is 4.79 Å². The van der Waals surface area contributed by atoms with E-state index in [-0.39, 0.29) is 42.8 Å². The summed E-state index contributed by atoms with van der Waals surface area (Å²) >= 11 is 1.72. The van der Waals surface area contributed by atoms with Crippen molar-refractivity contribution in [2.24, 2.45) is 5.73 Å². The fraction of sp³-hybridized carbons (Fsp3) is 0.556. The summed E-state index contributed by atoms with van der Waals surface area (Å²) in [7, 11) is 0. The highest BCUT2D eigenvalue weighted by atomic mass is 35.5. The van der Waals surface area contributed by atoms with Gasteiger partial charge in [0.2, 0.25) is 5.91 Å². The van der Waals surface area contributed by atoms with Crippen molar-refractivity contribution in [3.05, 3.63) is 30.1 Å².